The normalized spacial score (nSPS) is 11.3. The molecule has 1 heterocycles. The van der Waals surface area contributed by atoms with E-state index in [2.05, 4.69) is 0 Å². The van der Waals surface area contributed by atoms with E-state index in [9.17, 15) is 9.18 Å². The Labute approximate surface area is 151 Å². The van der Waals surface area contributed by atoms with Gasteiger partial charge in [-0.25, -0.2) is 9.18 Å². The zero-order valence-electron chi connectivity index (χ0n) is 15.2. The predicted molar refractivity (Wildman–Crippen MR) is 100 cm³/mol. The molecular formula is C21H22FNO3. The van der Waals surface area contributed by atoms with Gasteiger partial charge in [-0.3, -0.25) is 4.90 Å². The van der Waals surface area contributed by atoms with E-state index in [1.54, 1.807) is 18.2 Å². The molecule has 0 aliphatic heterocycles. The van der Waals surface area contributed by atoms with E-state index < -0.39 is 0 Å². The SMILES string of the molecule is Cc1ccc2c(CN(C)CCOc3ccccc3F)cc(=O)oc2c1C. The lowest BCUT2D eigenvalue weighted by Crippen LogP contribution is -2.24. The maximum absolute atomic E-state index is 13.6. The highest BCUT2D eigenvalue weighted by molar-refractivity contribution is 5.83. The Kier molecular flexibility index (Phi) is 5.38. The van der Waals surface area contributed by atoms with Crippen LogP contribution in [0.4, 0.5) is 4.39 Å². The maximum Gasteiger partial charge on any atom is 0.336 e. The average Bonchev–Trinajstić information content (AvgIpc) is 2.60. The zero-order chi connectivity index (χ0) is 18.7. The molecule has 0 unspecified atom stereocenters. The third-order valence-corrected chi connectivity index (χ3v) is 4.52. The lowest BCUT2D eigenvalue weighted by Gasteiger charge is -2.18. The number of halogens is 1. The fourth-order valence-electron chi connectivity index (χ4n) is 2.90. The number of ether oxygens (including phenoxy) is 1. The van der Waals surface area contributed by atoms with Crippen LogP contribution in [0.2, 0.25) is 0 Å². The van der Waals surface area contributed by atoms with Gasteiger partial charge in [0.15, 0.2) is 11.6 Å². The Morgan fingerprint density at radius 3 is 2.69 bits per heavy atom. The summed E-state index contributed by atoms with van der Waals surface area (Å²) in [6, 6.07) is 11.9. The van der Waals surface area contributed by atoms with Crippen LogP contribution in [0.25, 0.3) is 11.0 Å². The first-order valence-corrected chi connectivity index (χ1v) is 8.54. The fourth-order valence-corrected chi connectivity index (χ4v) is 2.90. The standard InChI is InChI=1S/C21H22FNO3/c1-14-8-9-17-16(12-20(24)26-21(17)15(14)2)13-23(3)10-11-25-19-7-5-4-6-18(19)22/h4-9,12H,10-11,13H2,1-3H3. The molecule has 4 nitrogen and oxygen atoms in total. The molecule has 2 aromatic carbocycles. The Bertz CT molecular complexity index is 981. The van der Waals surface area contributed by atoms with Gasteiger partial charge in [0, 0.05) is 24.5 Å². The fraction of sp³-hybridized carbons (Fsp3) is 0.286. The highest BCUT2D eigenvalue weighted by atomic mass is 19.1. The van der Waals surface area contributed by atoms with Crippen LogP contribution in [-0.4, -0.2) is 25.1 Å². The lowest BCUT2D eigenvalue weighted by molar-refractivity contribution is 0.227. The molecule has 5 heteroatoms. The first kappa shape index (κ1) is 18.1. The number of likely N-dealkylation sites (N-methyl/N-ethyl adjacent to an activating group) is 1. The monoisotopic (exact) mass is 355 g/mol. The van der Waals surface area contributed by atoms with Gasteiger partial charge in [0.25, 0.3) is 0 Å². The van der Waals surface area contributed by atoms with E-state index >= 15 is 0 Å². The van der Waals surface area contributed by atoms with Crippen molar-refractivity contribution >= 4 is 11.0 Å². The molecule has 3 aromatic rings. The number of benzene rings is 2. The molecule has 3 rings (SSSR count). The summed E-state index contributed by atoms with van der Waals surface area (Å²) in [6.07, 6.45) is 0. The van der Waals surface area contributed by atoms with E-state index in [0.29, 0.717) is 25.3 Å². The molecule has 0 N–H and O–H groups in total. The Hall–Kier alpha value is -2.66. The van der Waals surface area contributed by atoms with Crippen molar-refractivity contribution in [3.8, 4) is 5.75 Å². The third-order valence-electron chi connectivity index (χ3n) is 4.52. The summed E-state index contributed by atoms with van der Waals surface area (Å²) in [6.45, 7) is 5.48. The summed E-state index contributed by atoms with van der Waals surface area (Å²) in [4.78, 5) is 14.0. The average molecular weight is 355 g/mol. The number of para-hydroxylation sites is 1. The minimum absolute atomic E-state index is 0.248. The number of aryl methyl sites for hydroxylation is 2. The summed E-state index contributed by atoms with van der Waals surface area (Å²) in [5.74, 6) is -0.120. The van der Waals surface area contributed by atoms with Crippen molar-refractivity contribution in [2.45, 2.75) is 20.4 Å². The van der Waals surface area contributed by atoms with Gasteiger partial charge in [-0.2, -0.15) is 0 Å². The van der Waals surface area contributed by atoms with E-state index in [4.69, 9.17) is 9.15 Å². The predicted octanol–water partition coefficient (Wildman–Crippen LogP) is 4.06. The van der Waals surface area contributed by atoms with Crippen molar-refractivity contribution in [2.24, 2.45) is 0 Å². The second-order valence-electron chi connectivity index (χ2n) is 6.49. The second kappa shape index (κ2) is 7.70. The van der Waals surface area contributed by atoms with Crippen LogP contribution in [0.3, 0.4) is 0 Å². The number of hydrogen-bond donors (Lipinski definition) is 0. The van der Waals surface area contributed by atoms with Crippen LogP contribution in [0.1, 0.15) is 16.7 Å². The lowest BCUT2D eigenvalue weighted by atomic mass is 10.0. The van der Waals surface area contributed by atoms with Gasteiger partial charge >= 0.3 is 5.63 Å². The molecular weight excluding hydrogens is 333 g/mol. The van der Waals surface area contributed by atoms with Gasteiger partial charge < -0.3 is 9.15 Å². The topological polar surface area (TPSA) is 42.7 Å². The quantitative estimate of drug-likeness (QED) is 0.626. The number of hydrogen-bond acceptors (Lipinski definition) is 4. The Morgan fingerprint density at radius 2 is 1.92 bits per heavy atom. The van der Waals surface area contributed by atoms with Crippen molar-refractivity contribution in [2.75, 3.05) is 20.2 Å². The van der Waals surface area contributed by atoms with Gasteiger partial charge in [0.1, 0.15) is 12.2 Å². The molecule has 136 valence electrons. The van der Waals surface area contributed by atoms with Gasteiger partial charge in [0.2, 0.25) is 0 Å². The zero-order valence-corrected chi connectivity index (χ0v) is 15.2. The van der Waals surface area contributed by atoms with Crippen LogP contribution >= 0.6 is 0 Å². The summed E-state index contributed by atoms with van der Waals surface area (Å²) in [5.41, 5.74) is 3.27. The molecule has 0 spiro atoms. The molecule has 26 heavy (non-hydrogen) atoms. The van der Waals surface area contributed by atoms with Crippen molar-refractivity contribution in [3.05, 3.63) is 75.4 Å². The van der Waals surface area contributed by atoms with Crippen LogP contribution in [-0.2, 0) is 6.54 Å². The van der Waals surface area contributed by atoms with Gasteiger partial charge in [-0.1, -0.05) is 24.3 Å². The van der Waals surface area contributed by atoms with E-state index in [-0.39, 0.29) is 17.2 Å². The summed E-state index contributed by atoms with van der Waals surface area (Å²) in [5, 5.41) is 0.939. The second-order valence-corrected chi connectivity index (χ2v) is 6.49. The maximum atomic E-state index is 13.6. The number of rotatable bonds is 6. The van der Waals surface area contributed by atoms with Gasteiger partial charge in [-0.05, 0) is 49.7 Å². The molecule has 0 aliphatic carbocycles. The van der Waals surface area contributed by atoms with Crippen molar-refractivity contribution in [1.29, 1.82) is 0 Å². The smallest absolute Gasteiger partial charge is 0.336 e. The minimum atomic E-state index is -0.368. The molecule has 0 saturated carbocycles. The highest BCUT2D eigenvalue weighted by Crippen LogP contribution is 2.24. The first-order valence-electron chi connectivity index (χ1n) is 8.54. The Morgan fingerprint density at radius 1 is 1.15 bits per heavy atom. The molecule has 0 atom stereocenters. The van der Waals surface area contributed by atoms with E-state index in [0.717, 1.165) is 22.1 Å². The molecule has 0 saturated heterocycles. The first-order chi connectivity index (χ1) is 12.5. The van der Waals surface area contributed by atoms with Crippen molar-refractivity contribution < 1.29 is 13.5 Å². The number of fused-ring (bicyclic) bond motifs is 1. The van der Waals surface area contributed by atoms with E-state index in [1.807, 2.05) is 37.9 Å². The molecule has 0 radical (unpaired) electrons. The largest absolute Gasteiger partial charge is 0.489 e. The Balaban J connectivity index is 1.71. The van der Waals surface area contributed by atoms with E-state index in [1.165, 1.54) is 12.1 Å². The highest BCUT2D eigenvalue weighted by Gasteiger charge is 2.11. The summed E-state index contributed by atoms with van der Waals surface area (Å²) >= 11 is 0. The molecule has 0 aliphatic rings. The summed E-state index contributed by atoms with van der Waals surface area (Å²) < 4.78 is 24.5. The van der Waals surface area contributed by atoms with Crippen molar-refractivity contribution in [1.82, 2.24) is 4.90 Å². The molecule has 0 amide bonds. The molecule has 1 aromatic heterocycles. The van der Waals surface area contributed by atoms with Crippen LogP contribution in [0, 0.1) is 19.7 Å². The number of nitrogens with zero attached hydrogens (tertiary/aromatic N) is 1. The van der Waals surface area contributed by atoms with Crippen LogP contribution in [0.15, 0.2) is 51.7 Å². The van der Waals surface area contributed by atoms with Gasteiger partial charge in [0.05, 0.1) is 0 Å². The minimum Gasteiger partial charge on any atom is -0.489 e. The van der Waals surface area contributed by atoms with Crippen LogP contribution < -0.4 is 10.4 Å². The van der Waals surface area contributed by atoms with Crippen molar-refractivity contribution in [3.63, 3.8) is 0 Å². The van der Waals surface area contributed by atoms with Gasteiger partial charge in [-0.15, -0.1) is 0 Å². The molecule has 0 bridgehead atoms. The third kappa shape index (κ3) is 3.94. The molecule has 0 fully saturated rings. The van der Waals surface area contributed by atoms with Crippen LogP contribution in [0.5, 0.6) is 5.75 Å². The summed E-state index contributed by atoms with van der Waals surface area (Å²) in [7, 11) is 1.94.